The lowest BCUT2D eigenvalue weighted by atomic mass is 9.99. The topological polar surface area (TPSA) is 80.5 Å². The van der Waals surface area contributed by atoms with Gasteiger partial charge in [-0.1, -0.05) is 0 Å². The first kappa shape index (κ1) is 13.3. The van der Waals surface area contributed by atoms with E-state index in [9.17, 15) is 4.79 Å². The molecule has 0 aliphatic carbocycles. The van der Waals surface area contributed by atoms with Crippen molar-refractivity contribution in [1.29, 1.82) is 0 Å². The molecule has 0 radical (unpaired) electrons. The van der Waals surface area contributed by atoms with Crippen molar-refractivity contribution in [1.82, 2.24) is 4.98 Å². The number of aromatic nitrogens is 1. The van der Waals surface area contributed by atoms with Gasteiger partial charge < -0.3 is 20.7 Å². The molecular weight excluding hydrogens is 256 g/mol. The zero-order valence-electron chi connectivity index (χ0n) is 11.5. The third-order valence-electron chi connectivity index (χ3n) is 3.94. The average Bonchev–Trinajstić information content (AvgIpc) is 3.11. The van der Waals surface area contributed by atoms with Crippen LogP contribution in [0.25, 0.3) is 0 Å². The summed E-state index contributed by atoms with van der Waals surface area (Å²) in [6, 6.07) is 3.70. The first-order valence-electron chi connectivity index (χ1n) is 7.07. The predicted molar refractivity (Wildman–Crippen MR) is 76.7 cm³/mol. The van der Waals surface area contributed by atoms with Gasteiger partial charge >= 0.3 is 0 Å². The zero-order valence-corrected chi connectivity index (χ0v) is 11.5. The Balaban J connectivity index is 1.78. The van der Waals surface area contributed by atoms with Crippen LogP contribution in [-0.4, -0.2) is 42.7 Å². The minimum Gasteiger partial charge on any atom is -0.379 e. The van der Waals surface area contributed by atoms with Gasteiger partial charge in [-0.15, -0.1) is 0 Å². The lowest BCUT2D eigenvalue weighted by Crippen LogP contribution is -2.51. The van der Waals surface area contributed by atoms with Gasteiger partial charge in [-0.3, -0.25) is 4.79 Å². The molecule has 1 unspecified atom stereocenters. The van der Waals surface area contributed by atoms with Gasteiger partial charge in [0.15, 0.2) is 5.82 Å². The van der Waals surface area contributed by atoms with Crippen LogP contribution in [0.3, 0.4) is 0 Å². The predicted octanol–water partition coefficient (Wildman–Crippen LogP) is 0.738. The van der Waals surface area contributed by atoms with Crippen LogP contribution in [0.1, 0.15) is 19.3 Å². The Bertz CT molecular complexity index is 494. The zero-order chi connectivity index (χ0) is 14.0. The number of carbonyl (C=O) groups excluding carboxylic acids is 1. The van der Waals surface area contributed by atoms with E-state index in [-0.39, 0.29) is 12.5 Å². The van der Waals surface area contributed by atoms with E-state index in [0.717, 1.165) is 24.6 Å². The summed E-state index contributed by atoms with van der Waals surface area (Å²) in [6.07, 6.45) is 4.63. The molecule has 6 heteroatoms. The van der Waals surface area contributed by atoms with Crippen molar-refractivity contribution < 1.29 is 9.53 Å². The average molecular weight is 276 g/mol. The molecule has 20 heavy (non-hydrogen) atoms. The molecule has 2 aliphatic heterocycles. The number of hydrogen-bond donors (Lipinski definition) is 2. The van der Waals surface area contributed by atoms with Crippen LogP contribution in [0.2, 0.25) is 0 Å². The van der Waals surface area contributed by atoms with Crippen molar-refractivity contribution in [2.45, 2.75) is 24.8 Å². The van der Waals surface area contributed by atoms with Gasteiger partial charge in [0.1, 0.15) is 5.54 Å². The standard InChI is InChI=1S/C14H20N4O2/c15-14(5-9-20-10-14)13(19)17-11-4-3-6-16-12(11)18-7-1-2-8-18/h3-4,6H,1-2,5,7-10,15H2,(H,17,19). The van der Waals surface area contributed by atoms with Gasteiger partial charge in [-0.05, 0) is 31.4 Å². The number of nitrogens with one attached hydrogen (secondary N) is 1. The lowest BCUT2D eigenvalue weighted by molar-refractivity contribution is -0.121. The second kappa shape index (κ2) is 5.38. The maximum absolute atomic E-state index is 12.3. The van der Waals surface area contributed by atoms with Crippen LogP contribution in [-0.2, 0) is 9.53 Å². The van der Waals surface area contributed by atoms with Gasteiger partial charge in [0.25, 0.3) is 0 Å². The molecule has 3 heterocycles. The Hall–Kier alpha value is -1.66. The van der Waals surface area contributed by atoms with Gasteiger partial charge in [0.2, 0.25) is 5.91 Å². The van der Waals surface area contributed by atoms with E-state index >= 15 is 0 Å². The highest BCUT2D eigenvalue weighted by molar-refractivity contribution is 6.00. The number of nitrogens with two attached hydrogens (primary N) is 1. The molecule has 2 fully saturated rings. The maximum atomic E-state index is 12.3. The van der Waals surface area contributed by atoms with E-state index in [1.807, 2.05) is 12.1 Å². The lowest BCUT2D eigenvalue weighted by Gasteiger charge is -2.24. The fourth-order valence-corrected chi connectivity index (χ4v) is 2.68. The number of amides is 1. The van der Waals surface area contributed by atoms with E-state index in [4.69, 9.17) is 10.5 Å². The Labute approximate surface area is 118 Å². The number of anilines is 2. The Kier molecular flexibility index (Phi) is 3.58. The molecule has 2 aliphatic rings. The number of ether oxygens (including phenoxy) is 1. The van der Waals surface area contributed by atoms with Crippen LogP contribution in [0, 0.1) is 0 Å². The second-order valence-electron chi connectivity index (χ2n) is 5.48. The summed E-state index contributed by atoms with van der Waals surface area (Å²) in [5, 5.41) is 2.92. The van der Waals surface area contributed by atoms with Crippen molar-refractivity contribution >= 4 is 17.4 Å². The summed E-state index contributed by atoms with van der Waals surface area (Å²) in [5.41, 5.74) is 5.90. The highest BCUT2D eigenvalue weighted by atomic mass is 16.5. The minimum absolute atomic E-state index is 0.191. The van der Waals surface area contributed by atoms with Crippen molar-refractivity contribution in [2.24, 2.45) is 5.73 Å². The largest absolute Gasteiger partial charge is 0.379 e. The van der Waals surface area contributed by atoms with E-state index < -0.39 is 5.54 Å². The fraction of sp³-hybridized carbons (Fsp3) is 0.571. The summed E-state index contributed by atoms with van der Waals surface area (Å²) in [7, 11) is 0. The molecule has 2 saturated heterocycles. The van der Waals surface area contributed by atoms with Crippen LogP contribution >= 0.6 is 0 Å². The van der Waals surface area contributed by atoms with Crippen LogP contribution in [0.15, 0.2) is 18.3 Å². The molecular formula is C14H20N4O2. The van der Waals surface area contributed by atoms with E-state index in [1.54, 1.807) is 6.20 Å². The molecule has 0 saturated carbocycles. The van der Waals surface area contributed by atoms with Gasteiger partial charge in [-0.2, -0.15) is 0 Å². The van der Waals surface area contributed by atoms with E-state index in [1.165, 1.54) is 12.8 Å². The normalized spacial score (nSPS) is 25.9. The molecule has 1 aromatic rings. The molecule has 0 spiro atoms. The molecule has 108 valence electrons. The van der Waals surface area contributed by atoms with Crippen molar-refractivity contribution in [3.05, 3.63) is 18.3 Å². The van der Waals surface area contributed by atoms with Crippen molar-refractivity contribution in [3.63, 3.8) is 0 Å². The number of rotatable bonds is 3. The molecule has 6 nitrogen and oxygen atoms in total. The van der Waals surface area contributed by atoms with Crippen molar-refractivity contribution in [3.8, 4) is 0 Å². The number of nitrogens with zero attached hydrogens (tertiary/aromatic N) is 2. The number of hydrogen-bond acceptors (Lipinski definition) is 5. The SMILES string of the molecule is NC1(C(=O)Nc2cccnc2N2CCCC2)CCOC1. The molecule has 0 aromatic carbocycles. The summed E-state index contributed by atoms with van der Waals surface area (Å²) in [5.74, 6) is 0.643. The Morgan fingerprint density at radius 2 is 2.25 bits per heavy atom. The molecule has 3 N–H and O–H groups in total. The monoisotopic (exact) mass is 276 g/mol. The van der Waals surface area contributed by atoms with Crippen LogP contribution < -0.4 is 16.0 Å². The minimum atomic E-state index is -0.919. The van der Waals surface area contributed by atoms with Gasteiger partial charge in [-0.25, -0.2) is 4.98 Å². The third kappa shape index (κ3) is 2.48. The van der Waals surface area contributed by atoms with Crippen LogP contribution in [0.4, 0.5) is 11.5 Å². The smallest absolute Gasteiger partial charge is 0.247 e. The van der Waals surface area contributed by atoms with E-state index in [2.05, 4.69) is 15.2 Å². The van der Waals surface area contributed by atoms with E-state index in [0.29, 0.717) is 13.0 Å². The first-order valence-corrected chi connectivity index (χ1v) is 7.07. The van der Waals surface area contributed by atoms with Gasteiger partial charge in [0.05, 0.1) is 12.3 Å². The molecule has 3 rings (SSSR count). The summed E-state index contributed by atoms with van der Waals surface area (Å²) < 4.78 is 5.24. The molecule has 1 aromatic heterocycles. The Morgan fingerprint density at radius 3 is 2.95 bits per heavy atom. The quantitative estimate of drug-likeness (QED) is 0.851. The third-order valence-corrected chi connectivity index (χ3v) is 3.94. The number of pyridine rings is 1. The summed E-state index contributed by atoms with van der Waals surface area (Å²) in [6.45, 7) is 2.78. The number of carbonyl (C=O) groups is 1. The molecule has 1 atom stereocenters. The summed E-state index contributed by atoms with van der Waals surface area (Å²) in [4.78, 5) is 18.9. The fourth-order valence-electron chi connectivity index (χ4n) is 2.68. The highest BCUT2D eigenvalue weighted by Crippen LogP contribution is 2.27. The molecule has 0 bridgehead atoms. The first-order chi connectivity index (χ1) is 9.69. The van der Waals surface area contributed by atoms with Crippen molar-refractivity contribution in [2.75, 3.05) is 36.5 Å². The van der Waals surface area contributed by atoms with Crippen LogP contribution in [0.5, 0.6) is 0 Å². The highest BCUT2D eigenvalue weighted by Gasteiger charge is 2.38. The molecule has 1 amide bonds. The second-order valence-corrected chi connectivity index (χ2v) is 5.48. The Morgan fingerprint density at radius 1 is 1.45 bits per heavy atom. The van der Waals surface area contributed by atoms with Gasteiger partial charge in [0, 0.05) is 25.9 Å². The maximum Gasteiger partial charge on any atom is 0.247 e. The summed E-state index contributed by atoms with van der Waals surface area (Å²) >= 11 is 0.